The van der Waals surface area contributed by atoms with Gasteiger partial charge in [-0.1, -0.05) is 24.3 Å². The maximum Gasteiger partial charge on any atom is 0.191 e. The Balaban J connectivity index is 0.00000280. The van der Waals surface area contributed by atoms with Gasteiger partial charge in [-0.25, -0.2) is 0 Å². The van der Waals surface area contributed by atoms with Crippen molar-refractivity contribution in [3.05, 3.63) is 59.5 Å². The Bertz CT molecular complexity index is 704. The van der Waals surface area contributed by atoms with E-state index in [4.69, 9.17) is 14.1 Å². The molecule has 28 heavy (non-hydrogen) atoms. The van der Waals surface area contributed by atoms with Crippen LogP contribution in [-0.2, 0) is 24.0 Å². The summed E-state index contributed by atoms with van der Waals surface area (Å²) in [6.07, 6.45) is 7.96. The molecule has 2 aromatic rings. The van der Waals surface area contributed by atoms with E-state index >= 15 is 0 Å². The fourth-order valence-corrected chi connectivity index (χ4v) is 3.47. The molecule has 6 heteroatoms. The van der Waals surface area contributed by atoms with Gasteiger partial charge in [-0.3, -0.25) is 4.99 Å². The van der Waals surface area contributed by atoms with E-state index in [1.807, 2.05) is 12.1 Å². The van der Waals surface area contributed by atoms with Gasteiger partial charge >= 0.3 is 0 Å². The molecular weight excluding hydrogens is 465 g/mol. The lowest BCUT2D eigenvalue weighted by atomic mass is 9.88. The van der Waals surface area contributed by atoms with Crippen LogP contribution in [0.4, 0.5) is 0 Å². The van der Waals surface area contributed by atoms with Crippen molar-refractivity contribution in [2.24, 2.45) is 4.99 Å². The third kappa shape index (κ3) is 7.47. The van der Waals surface area contributed by atoms with E-state index in [-0.39, 0.29) is 24.0 Å². The Morgan fingerprint density at radius 3 is 2.82 bits per heavy atom. The van der Waals surface area contributed by atoms with Crippen molar-refractivity contribution >= 4 is 29.9 Å². The molecule has 0 saturated carbocycles. The minimum atomic E-state index is 0. The van der Waals surface area contributed by atoms with E-state index in [0.717, 1.165) is 69.9 Å². The number of aliphatic imine (C=N–C) groups is 1. The summed E-state index contributed by atoms with van der Waals surface area (Å²) in [7, 11) is 1.74. The van der Waals surface area contributed by atoms with Crippen molar-refractivity contribution in [2.75, 3.05) is 26.8 Å². The molecule has 0 fully saturated rings. The first-order valence-electron chi connectivity index (χ1n) is 9.98. The summed E-state index contributed by atoms with van der Waals surface area (Å²) >= 11 is 0. The van der Waals surface area contributed by atoms with Crippen molar-refractivity contribution in [1.82, 2.24) is 10.6 Å². The van der Waals surface area contributed by atoms with Gasteiger partial charge in [0, 0.05) is 39.3 Å². The monoisotopic (exact) mass is 497 g/mol. The molecule has 5 nitrogen and oxygen atoms in total. The van der Waals surface area contributed by atoms with Gasteiger partial charge in [0.1, 0.15) is 5.76 Å². The zero-order valence-electron chi connectivity index (χ0n) is 16.7. The number of unbranched alkanes of at least 4 members (excludes halogenated alkanes) is 1. The van der Waals surface area contributed by atoms with Gasteiger partial charge in [0.25, 0.3) is 0 Å². The second-order valence-electron chi connectivity index (χ2n) is 7.04. The van der Waals surface area contributed by atoms with E-state index in [9.17, 15) is 0 Å². The summed E-state index contributed by atoms with van der Waals surface area (Å²) < 4.78 is 10.5. The number of nitrogens with zero attached hydrogens (tertiary/aromatic N) is 1. The lowest BCUT2D eigenvalue weighted by molar-refractivity contribution is 0.193. The minimum absolute atomic E-state index is 0. The van der Waals surface area contributed by atoms with Crippen molar-refractivity contribution in [3.63, 3.8) is 0 Å². The summed E-state index contributed by atoms with van der Waals surface area (Å²) in [5.41, 5.74) is 2.94. The molecule has 1 aliphatic carbocycles. The summed E-state index contributed by atoms with van der Waals surface area (Å²) in [4.78, 5) is 4.77. The highest BCUT2D eigenvalue weighted by molar-refractivity contribution is 14.0. The second-order valence-corrected chi connectivity index (χ2v) is 7.04. The topological polar surface area (TPSA) is 58.8 Å². The van der Waals surface area contributed by atoms with Crippen LogP contribution < -0.4 is 10.6 Å². The van der Waals surface area contributed by atoms with E-state index in [1.54, 1.807) is 13.4 Å². The Hall–Kier alpha value is -1.54. The molecule has 1 heterocycles. The van der Waals surface area contributed by atoms with Crippen LogP contribution in [0.3, 0.4) is 0 Å². The minimum Gasteiger partial charge on any atom is -0.469 e. The molecule has 1 unspecified atom stereocenters. The standard InChI is InChI=1S/C22H31N3O2.HI/c1-26-15-5-4-13-23-22(24-14-12-21-9-6-16-27-21)25-20-11-10-18-7-2-3-8-19(18)17-20;/h2-3,6-9,16,20H,4-5,10-15,17H2,1H3,(H2,23,24,25);1H. The Labute approximate surface area is 185 Å². The molecule has 0 saturated heterocycles. The predicted molar refractivity (Wildman–Crippen MR) is 125 cm³/mol. The highest BCUT2D eigenvalue weighted by Gasteiger charge is 2.19. The maximum atomic E-state index is 5.42. The van der Waals surface area contributed by atoms with E-state index in [0.29, 0.717) is 6.04 Å². The second kappa shape index (κ2) is 12.8. The summed E-state index contributed by atoms with van der Waals surface area (Å²) in [6.45, 7) is 2.41. The molecular formula is C22H32IN3O2. The fraction of sp³-hybridized carbons (Fsp3) is 0.500. The lowest BCUT2D eigenvalue weighted by Gasteiger charge is -2.27. The maximum absolute atomic E-state index is 5.42. The normalized spacial score (nSPS) is 16.2. The summed E-state index contributed by atoms with van der Waals surface area (Å²) in [6, 6.07) is 13.1. The van der Waals surface area contributed by atoms with Gasteiger partial charge in [-0.05, 0) is 55.4 Å². The molecule has 0 radical (unpaired) electrons. The molecule has 154 valence electrons. The number of furan rings is 1. The quantitative estimate of drug-likeness (QED) is 0.238. The average molecular weight is 497 g/mol. The highest BCUT2D eigenvalue weighted by atomic mass is 127. The predicted octanol–water partition coefficient (Wildman–Crippen LogP) is 3.96. The van der Waals surface area contributed by atoms with Gasteiger partial charge in [-0.2, -0.15) is 0 Å². The first-order valence-corrected chi connectivity index (χ1v) is 9.98. The van der Waals surface area contributed by atoms with Crippen LogP contribution in [-0.4, -0.2) is 38.8 Å². The number of rotatable bonds is 9. The average Bonchev–Trinajstić information content (AvgIpc) is 3.21. The fourth-order valence-electron chi connectivity index (χ4n) is 3.47. The van der Waals surface area contributed by atoms with Crippen molar-refractivity contribution < 1.29 is 9.15 Å². The molecule has 1 aliphatic rings. The van der Waals surface area contributed by atoms with Crippen LogP contribution in [0.25, 0.3) is 0 Å². The molecule has 3 rings (SSSR count). The van der Waals surface area contributed by atoms with Crippen molar-refractivity contribution in [3.8, 4) is 0 Å². The van der Waals surface area contributed by atoms with Gasteiger partial charge in [0.2, 0.25) is 0 Å². The van der Waals surface area contributed by atoms with Crippen LogP contribution in [0.5, 0.6) is 0 Å². The first-order chi connectivity index (χ1) is 13.3. The van der Waals surface area contributed by atoms with Crippen molar-refractivity contribution in [2.45, 2.75) is 44.6 Å². The third-order valence-corrected chi connectivity index (χ3v) is 4.96. The molecule has 0 amide bonds. The van der Waals surface area contributed by atoms with Crippen LogP contribution in [0.15, 0.2) is 52.1 Å². The van der Waals surface area contributed by atoms with Crippen LogP contribution in [0, 0.1) is 0 Å². The number of benzene rings is 1. The van der Waals surface area contributed by atoms with E-state index in [1.165, 1.54) is 11.1 Å². The molecule has 0 spiro atoms. The Morgan fingerprint density at radius 1 is 1.18 bits per heavy atom. The van der Waals surface area contributed by atoms with E-state index in [2.05, 4.69) is 34.9 Å². The van der Waals surface area contributed by atoms with Crippen LogP contribution in [0.2, 0.25) is 0 Å². The number of methoxy groups -OCH3 is 1. The third-order valence-electron chi connectivity index (χ3n) is 4.96. The zero-order chi connectivity index (χ0) is 18.7. The smallest absolute Gasteiger partial charge is 0.191 e. The SMILES string of the molecule is COCCCCN=C(NCCc1ccco1)NC1CCc2ccccc2C1.I. The molecule has 1 aromatic heterocycles. The lowest BCUT2D eigenvalue weighted by Crippen LogP contribution is -2.46. The number of nitrogens with one attached hydrogen (secondary N) is 2. The zero-order valence-corrected chi connectivity index (χ0v) is 19.0. The number of hydrogen-bond donors (Lipinski definition) is 2. The van der Waals surface area contributed by atoms with Crippen molar-refractivity contribution in [1.29, 1.82) is 0 Å². The Kier molecular flexibility index (Phi) is 10.4. The number of hydrogen-bond acceptors (Lipinski definition) is 3. The van der Waals surface area contributed by atoms with Crippen LogP contribution in [0.1, 0.15) is 36.1 Å². The molecule has 1 atom stereocenters. The van der Waals surface area contributed by atoms with Gasteiger partial charge in [0.05, 0.1) is 6.26 Å². The van der Waals surface area contributed by atoms with Gasteiger partial charge < -0.3 is 19.8 Å². The largest absolute Gasteiger partial charge is 0.469 e. The number of guanidine groups is 1. The van der Waals surface area contributed by atoms with E-state index < -0.39 is 0 Å². The number of fused-ring (bicyclic) bond motifs is 1. The molecule has 2 N–H and O–H groups in total. The number of ether oxygens (including phenoxy) is 1. The molecule has 1 aromatic carbocycles. The van der Waals surface area contributed by atoms with Gasteiger partial charge in [0.15, 0.2) is 5.96 Å². The van der Waals surface area contributed by atoms with Gasteiger partial charge in [-0.15, -0.1) is 24.0 Å². The van der Waals surface area contributed by atoms with Crippen LogP contribution >= 0.6 is 24.0 Å². The highest BCUT2D eigenvalue weighted by Crippen LogP contribution is 2.20. The summed E-state index contributed by atoms with van der Waals surface area (Å²) in [5.74, 6) is 1.90. The molecule has 0 bridgehead atoms. The summed E-state index contributed by atoms with van der Waals surface area (Å²) in [5, 5.41) is 7.11. The number of halogens is 1. The first kappa shape index (κ1) is 22.7. The molecule has 0 aliphatic heterocycles. The number of aryl methyl sites for hydroxylation is 1. The Morgan fingerprint density at radius 2 is 2.04 bits per heavy atom.